The van der Waals surface area contributed by atoms with Gasteiger partial charge in [0.25, 0.3) is 0 Å². The van der Waals surface area contributed by atoms with E-state index in [2.05, 4.69) is 20.8 Å². The normalized spacial score (nSPS) is 36.9. The van der Waals surface area contributed by atoms with E-state index in [1.807, 2.05) is 6.92 Å². The minimum absolute atomic E-state index is 0.0107. The van der Waals surface area contributed by atoms with Crippen LogP contribution in [0.15, 0.2) is 0 Å². The van der Waals surface area contributed by atoms with Crippen molar-refractivity contribution in [1.82, 2.24) is 0 Å². The smallest absolute Gasteiger partial charge is 0.308 e. The molecule has 0 bridgehead atoms. The van der Waals surface area contributed by atoms with Gasteiger partial charge in [0.1, 0.15) is 6.10 Å². The van der Waals surface area contributed by atoms with Crippen LogP contribution in [0.3, 0.4) is 0 Å². The summed E-state index contributed by atoms with van der Waals surface area (Å²) in [5.74, 6) is 1.09. The molecule has 0 aliphatic carbocycles. The number of esters is 1. The number of carbonyl (C=O) groups is 1. The zero-order chi connectivity index (χ0) is 10.0. The first-order chi connectivity index (χ1) is 6.06. The summed E-state index contributed by atoms with van der Waals surface area (Å²) < 4.78 is 5.42. The summed E-state index contributed by atoms with van der Waals surface area (Å²) in [6, 6.07) is 0. The van der Waals surface area contributed by atoms with E-state index in [0.717, 1.165) is 12.8 Å². The van der Waals surface area contributed by atoms with Crippen molar-refractivity contribution >= 4 is 5.97 Å². The lowest BCUT2D eigenvalue weighted by Gasteiger charge is -2.35. The molecule has 0 aromatic carbocycles. The van der Waals surface area contributed by atoms with Crippen molar-refractivity contribution in [2.75, 3.05) is 0 Å². The van der Waals surface area contributed by atoms with E-state index in [0.29, 0.717) is 11.8 Å². The van der Waals surface area contributed by atoms with Crippen molar-refractivity contribution in [3.05, 3.63) is 0 Å². The largest absolute Gasteiger partial charge is 0.462 e. The fourth-order valence-corrected chi connectivity index (χ4v) is 2.06. The molecule has 0 N–H and O–H groups in total. The van der Waals surface area contributed by atoms with Crippen LogP contribution in [0.25, 0.3) is 0 Å². The van der Waals surface area contributed by atoms with Gasteiger partial charge in [-0.1, -0.05) is 34.1 Å². The van der Waals surface area contributed by atoms with Gasteiger partial charge in [-0.25, -0.2) is 0 Å². The minimum Gasteiger partial charge on any atom is -0.462 e. The molecule has 0 radical (unpaired) electrons. The maximum Gasteiger partial charge on any atom is 0.308 e. The zero-order valence-corrected chi connectivity index (χ0v) is 9.04. The third-order valence-corrected chi connectivity index (χ3v) is 3.15. The van der Waals surface area contributed by atoms with Gasteiger partial charge >= 0.3 is 5.97 Å². The Kier molecular flexibility index (Phi) is 3.34. The van der Waals surface area contributed by atoms with E-state index in [-0.39, 0.29) is 18.0 Å². The molecule has 1 rings (SSSR count). The fourth-order valence-electron chi connectivity index (χ4n) is 2.06. The molecule has 3 unspecified atom stereocenters. The zero-order valence-electron chi connectivity index (χ0n) is 9.04. The summed E-state index contributed by atoms with van der Waals surface area (Å²) in [5, 5.41) is 0. The van der Waals surface area contributed by atoms with Crippen molar-refractivity contribution in [2.45, 2.75) is 46.6 Å². The van der Waals surface area contributed by atoms with Crippen molar-refractivity contribution in [3.8, 4) is 0 Å². The number of cyclic esters (lactones) is 1. The van der Waals surface area contributed by atoms with Gasteiger partial charge in [-0.05, 0) is 18.3 Å². The highest BCUT2D eigenvalue weighted by atomic mass is 16.5. The minimum atomic E-state index is -0.0107. The van der Waals surface area contributed by atoms with Crippen molar-refractivity contribution < 1.29 is 9.53 Å². The van der Waals surface area contributed by atoms with Crippen LogP contribution in [-0.2, 0) is 9.53 Å². The molecule has 2 nitrogen and oxygen atoms in total. The van der Waals surface area contributed by atoms with E-state index in [4.69, 9.17) is 4.74 Å². The second-order valence-corrected chi connectivity index (χ2v) is 4.40. The molecule has 0 amide bonds. The predicted molar refractivity (Wildman–Crippen MR) is 52.3 cm³/mol. The van der Waals surface area contributed by atoms with Gasteiger partial charge in [-0.2, -0.15) is 0 Å². The van der Waals surface area contributed by atoms with Crippen molar-refractivity contribution in [3.63, 3.8) is 0 Å². The average Bonchev–Trinajstić information content (AvgIpc) is 2.10. The number of ether oxygens (including phenoxy) is 1. The summed E-state index contributed by atoms with van der Waals surface area (Å²) in [6.07, 6.45) is 2.21. The molecule has 76 valence electrons. The van der Waals surface area contributed by atoms with E-state index >= 15 is 0 Å². The highest BCUT2D eigenvalue weighted by Gasteiger charge is 2.35. The molecule has 0 spiro atoms. The Morgan fingerprint density at radius 3 is 2.69 bits per heavy atom. The third kappa shape index (κ3) is 2.23. The van der Waals surface area contributed by atoms with E-state index < -0.39 is 0 Å². The highest BCUT2D eigenvalue weighted by Crippen LogP contribution is 2.30. The van der Waals surface area contributed by atoms with Gasteiger partial charge in [-0.15, -0.1) is 0 Å². The Hall–Kier alpha value is -0.530. The molecule has 1 aliphatic heterocycles. The maximum absolute atomic E-state index is 11.3. The molecule has 1 heterocycles. The fraction of sp³-hybridized carbons (Fsp3) is 0.909. The lowest BCUT2D eigenvalue weighted by atomic mass is 9.83. The third-order valence-electron chi connectivity index (χ3n) is 3.15. The van der Waals surface area contributed by atoms with Crippen LogP contribution in [0.1, 0.15) is 40.5 Å². The molecular weight excluding hydrogens is 164 g/mol. The Morgan fingerprint density at radius 1 is 1.54 bits per heavy atom. The van der Waals surface area contributed by atoms with Gasteiger partial charge < -0.3 is 4.74 Å². The monoisotopic (exact) mass is 184 g/mol. The van der Waals surface area contributed by atoms with Gasteiger partial charge in [0.05, 0.1) is 5.92 Å². The standard InChI is InChI=1S/C11H20O2/c1-5-7(2)10-8(3)6-9(4)11(12)13-10/h7-10H,5-6H2,1-4H3/t7-,8?,9?,10?/m0/s1. The molecular formula is C11H20O2. The van der Waals surface area contributed by atoms with E-state index in [9.17, 15) is 4.79 Å². The Bertz CT molecular complexity index is 189. The Balaban J connectivity index is 2.61. The summed E-state index contributed by atoms with van der Waals surface area (Å²) in [4.78, 5) is 11.3. The first-order valence-corrected chi connectivity index (χ1v) is 5.26. The molecule has 1 fully saturated rings. The molecule has 1 aliphatic rings. The first-order valence-electron chi connectivity index (χ1n) is 5.26. The van der Waals surface area contributed by atoms with Gasteiger partial charge in [0.15, 0.2) is 0 Å². The Labute approximate surface area is 80.7 Å². The van der Waals surface area contributed by atoms with Crippen LogP contribution in [0, 0.1) is 17.8 Å². The molecule has 1 saturated heterocycles. The molecule has 0 saturated carbocycles. The van der Waals surface area contributed by atoms with E-state index in [1.54, 1.807) is 0 Å². The lowest BCUT2D eigenvalue weighted by Crippen LogP contribution is -2.39. The number of hydrogen-bond acceptors (Lipinski definition) is 2. The summed E-state index contributed by atoms with van der Waals surface area (Å²) in [5.41, 5.74) is 0. The summed E-state index contributed by atoms with van der Waals surface area (Å²) >= 11 is 0. The van der Waals surface area contributed by atoms with Crippen molar-refractivity contribution in [2.24, 2.45) is 17.8 Å². The number of hydrogen-bond donors (Lipinski definition) is 0. The Morgan fingerprint density at radius 2 is 2.15 bits per heavy atom. The second-order valence-electron chi connectivity index (χ2n) is 4.40. The SMILES string of the molecule is CC[C@H](C)C1OC(=O)C(C)CC1C. The van der Waals surface area contributed by atoms with Crippen LogP contribution >= 0.6 is 0 Å². The summed E-state index contributed by atoms with van der Waals surface area (Å²) in [7, 11) is 0. The predicted octanol–water partition coefficient (Wildman–Crippen LogP) is 2.62. The van der Waals surface area contributed by atoms with Crippen LogP contribution in [0.5, 0.6) is 0 Å². The number of carbonyl (C=O) groups excluding carboxylic acids is 1. The topological polar surface area (TPSA) is 26.3 Å². The number of rotatable bonds is 2. The molecule has 0 aromatic heterocycles. The molecule has 4 atom stereocenters. The van der Waals surface area contributed by atoms with E-state index in [1.165, 1.54) is 0 Å². The molecule has 2 heteroatoms. The second kappa shape index (κ2) is 4.12. The molecule has 0 aromatic rings. The van der Waals surface area contributed by atoms with Gasteiger partial charge in [0, 0.05) is 0 Å². The first kappa shape index (κ1) is 10.6. The van der Waals surface area contributed by atoms with Crippen LogP contribution < -0.4 is 0 Å². The van der Waals surface area contributed by atoms with Crippen molar-refractivity contribution in [1.29, 1.82) is 0 Å². The van der Waals surface area contributed by atoms with Crippen LogP contribution in [0.2, 0.25) is 0 Å². The summed E-state index contributed by atoms with van der Waals surface area (Å²) in [6.45, 7) is 8.43. The maximum atomic E-state index is 11.3. The average molecular weight is 184 g/mol. The van der Waals surface area contributed by atoms with Crippen LogP contribution in [0.4, 0.5) is 0 Å². The van der Waals surface area contributed by atoms with Gasteiger partial charge in [-0.3, -0.25) is 4.79 Å². The quantitative estimate of drug-likeness (QED) is 0.617. The molecule has 13 heavy (non-hydrogen) atoms. The highest BCUT2D eigenvalue weighted by molar-refractivity contribution is 5.73. The lowest BCUT2D eigenvalue weighted by molar-refractivity contribution is -0.168. The van der Waals surface area contributed by atoms with Crippen LogP contribution in [-0.4, -0.2) is 12.1 Å². The van der Waals surface area contributed by atoms with Gasteiger partial charge in [0.2, 0.25) is 0 Å².